The normalized spacial score (nSPS) is 13.7. The number of hydrazone groups is 1. The molecule has 1 aliphatic rings. The number of benzene rings is 1. The number of nitro groups is 1. The first-order valence-electron chi connectivity index (χ1n) is 10.6. The zero-order valence-electron chi connectivity index (χ0n) is 18.8. The van der Waals surface area contributed by atoms with E-state index in [-0.39, 0.29) is 17.0 Å². The standard InChI is InChI=1S/C23H21N5O7/c1-12-19-17(24-26-22(30)16-10-11-34-13(16)2)4-3-5-18(19)35-20(12)23(31)27-25-21(29)14-6-8-15(9-7-14)28(32)33/h6-11H,3-5H2,1-2H3,(H,25,29)(H,26,30)(H,27,31)/b24-17+. The Hall–Kier alpha value is -4.74. The predicted molar refractivity (Wildman–Crippen MR) is 122 cm³/mol. The van der Waals surface area contributed by atoms with Crippen LogP contribution in [0.1, 0.15) is 66.8 Å². The highest BCUT2D eigenvalue weighted by Gasteiger charge is 2.28. The van der Waals surface area contributed by atoms with Crippen molar-refractivity contribution in [3.63, 3.8) is 0 Å². The highest BCUT2D eigenvalue weighted by atomic mass is 16.6. The number of aryl methyl sites for hydroxylation is 2. The van der Waals surface area contributed by atoms with Gasteiger partial charge < -0.3 is 8.83 Å². The van der Waals surface area contributed by atoms with Gasteiger partial charge in [0.25, 0.3) is 17.5 Å². The fourth-order valence-electron chi connectivity index (χ4n) is 3.77. The summed E-state index contributed by atoms with van der Waals surface area (Å²) in [4.78, 5) is 47.5. The van der Waals surface area contributed by atoms with Crippen molar-refractivity contribution in [2.75, 3.05) is 0 Å². The van der Waals surface area contributed by atoms with Gasteiger partial charge in [-0.1, -0.05) is 0 Å². The molecule has 0 atom stereocenters. The second-order valence-electron chi connectivity index (χ2n) is 7.81. The molecule has 2 heterocycles. The maximum atomic E-state index is 12.7. The molecule has 0 unspecified atom stereocenters. The number of hydrogen-bond acceptors (Lipinski definition) is 8. The highest BCUT2D eigenvalue weighted by Crippen LogP contribution is 2.29. The van der Waals surface area contributed by atoms with Crippen LogP contribution in [-0.2, 0) is 6.42 Å². The van der Waals surface area contributed by atoms with Crippen LogP contribution in [0.5, 0.6) is 0 Å². The Morgan fingerprint density at radius 2 is 1.71 bits per heavy atom. The summed E-state index contributed by atoms with van der Waals surface area (Å²) in [7, 11) is 0. The number of nitrogens with one attached hydrogen (secondary N) is 3. The van der Waals surface area contributed by atoms with Gasteiger partial charge in [-0.25, -0.2) is 5.43 Å². The van der Waals surface area contributed by atoms with Gasteiger partial charge in [-0.2, -0.15) is 5.10 Å². The lowest BCUT2D eigenvalue weighted by Gasteiger charge is -2.13. The molecule has 0 saturated carbocycles. The van der Waals surface area contributed by atoms with Crippen molar-refractivity contribution < 1.29 is 28.1 Å². The van der Waals surface area contributed by atoms with Crippen LogP contribution in [0.3, 0.4) is 0 Å². The van der Waals surface area contributed by atoms with Crippen molar-refractivity contribution in [1.82, 2.24) is 16.3 Å². The monoisotopic (exact) mass is 479 g/mol. The predicted octanol–water partition coefficient (Wildman–Crippen LogP) is 2.94. The third-order valence-corrected chi connectivity index (χ3v) is 5.56. The van der Waals surface area contributed by atoms with Crippen LogP contribution in [-0.4, -0.2) is 28.4 Å². The van der Waals surface area contributed by atoms with Gasteiger partial charge in [0.1, 0.15) is 11.5 Å². The Morgan fingerprint density at radius 3 is 2.37 bits per heavy atom. The van der Waals surface area contributed by atoms with Crippen LogP contribution >= 0.6 is 0 Å². The maximum Gasteiger partial charge on any atom is 0.305 e. The summed E-state index contributed by atoms with van der Waals surface area (Å²) < 4.78 is 10.9. The summed E-state index contributed by atoms with van der Waals surface area (Å²) in [5.74, 6) is -0.699. The van der Waals surface area contributed by atoms with E-state index in [1.54, 1.807) is 19.9 Å². The molecule has 12 nitrogen and oxygen atoms in total. The SMILES string of the molecule is Cc1occc1C(=O)N/N=C1\CCCc2oc(C(=O)NNC(=O)c3ccc([N+](=O)[O-])cc3)c(C)c21. The first-order chi connectivity index (χ1) is 16.8. The van der Waals surface area contributed by atoms with Crippen molar-refractivity contribution in [2.45, 2.75) is 33.1 Å². The Labute approximate surface area is 198 Å². The average molecular weight is 479 g/mol. The largest absolute Gasteiger partial charge is 0.469 e. The zero-order chi connectivity index (χ0) is 25.1. The number of amides is 3. The molecule has 0 fully saturated rings. The van der Waals surface area contributed by atoms with Crippen LogP contribution in [0, 0.1) is 24.0 Å². The number of rotatable bonds is 5. The average Bonchev–Trinajstić information content (AvgIpc) is 3.44. The van der Waals surface area contributed by atoms with Crippen LogP contribution in [0.25, 0.3) is 0 Å². The fraction of sp³-hybridized carbons (Fsp3) is 0.217. The Balaban J connectivity index is 1.46. The topological polar surface area (TPSA) is 169 Å². The zero-order valence-corrected chi connectivity index (χ0v) is 18.8. The molecule has 3 amide bonds. The second-order valence-corrected chi connectivity index (χ2v) is 7.81. The van der Waals surface area contributed by atoms with Gasteiger partial charge in [0.05, 0.1) is 22.5 Å². The van der Waals surface area contributed by atoms with Crippen molar-refractivity contribution >= 4 is 29.1 Å². The van der Waals surface area contributed by atoms with Crippen molar-refractivity contribution in [3.05, 3.63) is 86.2 Å². The molecular formula is C23H21N5O7. The van der Waals surface area contributed by atoms with E-state index >= 15 is 0 Å². The number of nitrogens with zero attached hydrogens (tertiary/aromatic N) is 2. The number of carbonyl (C=O) groups is 3. The van der Waals surface area contributed by atoms with Crippen LogP contribution in [0.2, 0.25) is 0 Å². The Morgan fingerprint density at radius 1 is 1.00 bits per heavy atom. The molecule has 2 aromatic heterocycles. The summed E-state index contributed by atoms with van der Waals surface area (Å²) in [5.41, 5.74) is 9.16. The smallest absolute Gasteiger partial charge is 0.305 e. The Kier molecular flexibility index (Phi) is 6.44. The van der Waals surface area contributed by atoms with Crippen molar-refractivity contribution in [2.24, 2.45) is 5.10 Å². The Bertz CT molecular complexity index is 1350. The number of furan rings is 2. The van der Waals surface area contributed by atoms with E-state index in [9.17, 15) is 24.5 Å². The summed E-state index contributed by atoms with van der Waals surface area (Å²) in [6.07, 6.45) is 3.31. The van der Waals surface area contributed by atoms with Crippen molar-refractivity contribution in [3.8, 4) is 0 Å². The summed E-state index contributed by atoms with van der Waals surface area (Å²) in [6, 6.07) is 6.48. The first-order valence-corrected chi connectivity index (χ1v) is 10.6. The lowest BCUT2D eigenvalue weighted by Crippen LogP contribution is -2.41. The van der Waals surface area contributed by atoms with Gasteiger partial charge in [0.15, 0.2) is 5.76 Å². The molecule has 3 N–H and O–H groups in total. The lowest BCUT2D eigenvalue weighted by molar-refractivity contribution is -0.384. The molecule has 0 aliphatic heterocycles. The molecule has 180 valence electrons. The molecule has 35 heavy (non-hydrogen) atoms. The van der Waals surface area contributed by atoms with E-state index in [1.165, 1.54) is 30.5 Å². The van der Waals surface area contributed by atoms with Gasteiger partial charge in [-0.15, -0.1) is 0 Å². The third kappa shape index (κ3) is 4.81. The number of fused-ring (bicyclic) bond motifs is 1. The van der Waals surface area contributed by atoms with Crippen LogP contribution in [0.4, 0.5) is 5.69 Å². The van der Waals surface area contributed by atoms with Crippen molar-refractivity contribution in [1.29, 1.82) is 0 Å². The molecule has 0 spiro atoms. The van der Waals surface area contributed by atoms with E-state index in [1.807, 2.05) is 0 Å². The quantitative estimate of drug-likeness (QED) is 0.373. The lowest BCUT2D eigenvalue weighted by atomic mass is 9.93. The minimum absolute atomic E-state index is 0.00519. The summed E-state index contributed by atoms with van der Waals surface area (Å²) >= 11 is 0. The molecule has 4 rings (SSSR count). The molecule has 0 saturated heterocycles. The van der Waals surface area contributed by atoms with Crippen LogP contribution < -0.4 is 16.3 Å². The van der Waals surface area contributed by atoms with Gasteiger partial charge in [0, 0.05) is 35.2 Å². The second kappa shape index (κ2) is 9.63. The van der Waals surface area contributed by atoms with E-state index < -0.39 is 22.6 Å². The number of hydrogen-bond donors (Lipinski definition) is 3. The molecule has 0 bridgehead atoms. The van der Waals surface area contributed by atoms with Gasteiger partial charge in [0.2, 0.25) is 0 Å². The minimum Gasteiger partial charge on any atom is -0.469 e. The number of hydrazine groups is 1. The fourth-order valence-corrected chi connectivity index (χ4v) is 3.77. The molecular weight excluding hydrogens is 458 g/mol. The van der Waals surface area contributed by atoms with Gasteiger partial charge in [-0.3, -0.25) is 35.3 Å². The maximum absolute atomic E-state index is 12.7. The number of nitro benzene ring substituents is 1. The van der Waals surface area contributed by atoms with Crippen LogP contribution in [0.15, 0.2) is 50.5 Å². The molecule has 1 aromatic carbocycles. The van der Waals surface area contributed by atoms with Gasteiger partial charge >= 0.3 is 5.91 Å². The van der Waals surface area contributed by atoms with E-state index in [0.717, 1.165) is 6.42 Å². The molecule has 12 heteroatoms. The first kappa shape index (κ1) is 23.4. The number of carbonyl (C=O) groups excluding carboxylic acids is 3. The van der Waals surface area contributed by atoms with E-state index in [4.69, 9.17) is 8.83 Å². The highest BCUT2D eigenvalue weighted by molar-refractivity contribution is 6.07. The van der Waals surface area contributed by atoms with E-state index in [0.29, 0.717) is 46.8 Å². The molecule has 0 radical (unpaired) electrons. The number of non-ortho nitro benzene ring substituents is 1. The van der Waals surface area contributed by atoms with E-state index in [2.05, 4.69) is 21.4 Å². The molecule has 3 aromatic rings. The summed E-state index contributed by atoms with van der Waals surface area (Å²) in [6.45, 7) is 3.37. The molecule has 1 aliphatic carbocycles. The summed E-state index contributed by atoms with van der Waals surface area (Å²) in [5, 5.41) is 15.0. The third-order valence-electron chi connectivity index (χ3n) is 5.56. The van der Waals surface area contributed by atoms with Gasteiger partial charge in [-0.05, 0) is 44.9 Å². The minimum atomic E-state index is -0.676.